The van der Waals surface area contributed by atoms with E-state index >= 15 is 0 Å². The summed E-state index contributed by atoms with van der Waals surface area (Å²) in [6.07, 6.45) is 4.10. The van der Waals surface area contributed by atoms with Crippen molar-refractivity contribution in [1.29, 1.82) is 0 Å². The van der Waals surface area contributed by atoms with Gasteiger partial charge in [0, 0.05) is 12.5 Å². The van der Waals surface area contributed by atoms with E-state index in [0.29, 0.717) is 11.1 Å². The van der Waals surface area contributed by atoms with E-state index in [0.717, 1.165) is 32.1 Å². The molecule has 1 amide bonds. The maximum absolute atomic E-state index is 12.8. The second-order valence-corrected chi connectivity index (χ2v) is 7.03. The Morgan fingerprint density at radius 3 is 2.38 bits per heavy atom. The van der Waals surface area contributed by atoms with E-state index < -0.39 is 18.1 Å². The summed E-state index contributed by atoms with van der Waals surface area (Å²) in [6, 6.07) is 14.0. The summed E-state index contributed by atoms with van der Waals surface area (Å²) in [5.41, 5.74) is 0.902. The van der Waals surface area contributed by atoms with E-state index in [4.69, 9.17) is 9.47 Å². The van der Waals surface area contributed by atoms with Crippen molar-refractivity contribution in [3.63, 3.8) is 0 Å². The van der Waals surface area contributed by atoms with Crippen molar-refractivity contribution < 1.29 is 23.9 Å². The van der Waals surface area contributed by atoms with Gasteiger partial charge in [-0.05, 0) is 43.4 Å². The van der Waals surface area contributed by atoms with E-state index in [9.17, 15) is 14.4 Å². The molecule has 3 rings (SSSR count). The topological polar surface area (TPSA) is 81.7 Å². The summed E-state index contributed by atoms with van der Waals surface area (Å²) in [5.74, 6) is -0.852. The van der Waals surface area contributed by atoms with Gasteiger partial charge < -0.3 is 14.8 Å². The first-order valence-electron chi connectivity index (χ1n) is 9.73. The third-order valence-electron chi connectivity index (χ3n) is 4.83. The zero-order valence-corrected chi connectivity index (χ0v) is 16.1. The van der Waals surface area contributed by atoms with Gasteiger partial charge in [-0.25, -0.2) is 9.59 Å². The lowest BCUT2D eigenvalue weighted by molar-refractivity contribution is -0.136. The molecular weight excluding hydrogens is 370 g/mol. The second-order valence-electron chi connectivity index (χ2n) is 7.03. The zero-order valence-electron chi connectivity index (χ0n) is 16.1. The van der Waals surface area contributed by atoms with Crippen molar-refractivity contribution in [2.75, 3.05) is 0 Å². The van der Waals surface area contributed by atoms with Gasteiger partial charge in [0.05, 0.1) is 0 Å². The Morgan fingerprint density at radius 2 is 1.69 bits per heavy atom. The molecule has 1 fully saturated rings. The van der Waals surface area contributed by atoms with Gasteiger partial charge in [0.1, 0.15) is 11.9 Å². The van der Waals surface area contributed by atoms with Crippen molar-refractivity contribution in [2.24, 2.45) is 0 Å². The third-order valence-corrected chi connectivity index (χ3v) is 4.83. The van der Waals surface area contributed by atoms with Gasteiger partial charge in [0.2, 0.25) is 0 Å². The minimum Gasteiger partial charge on any atom is -0.446 e. The van der Waals surface area contributed by atoms with Crippen molar-refractivity contribution in [2.45, 2.75) is 44.2 Å². The molecule has 1 saturated carbocycles. The van der Waals surface area contributed by atoms with Gasteiger partial charge in [-0.2, -0.15) is 0 Å². The number of hydrogen-bond donors (Lipinski definition) is 1. The number of amides is 1. The Morgan fingerprint density at radius 1 is 0.966 bits per heavy atom. The summed E-state index contributed by atoms with van der Waals surface area (Å²) < 4.78 is 10.9. The number of esters is 1. The largest absolute Gasteiger partial charge is 0.446 e. The van der Waals surface area contributed by atoms with Crippen molar-refractivity contribution in [3.8, 4) is 5.75 Å². The molecule has 1 radical (unpaired) electrons. The number of nitrogens with one attached hydrogen (secondary N) is 1. The predicted octanol–water partition coefficient (Wildman–Crippen LogP) is 4.41. The molecule has 151 valence electrons. The highest BCUT2D eigenvalue weighted by molar-refractivity contribution is 5.99. The minimum atomic E-state index is -1.04. The number of carbonyl (C=O) groups excluding carboxylic acids is 3. The molecule has 0 heterocycles. The lowest BCUT2D eigenvalue weighted by Gasteiger charge is -2.24. The molecule has 0 bridgehead atoms. The van der Waals surface area contributed by atoms with Crippen LogP contribution in [0.15, 0.2) is 54.6 Å². The number of carbonyl (C=O) groups is 3. The molecule has 1 aliphatic carbocycles. The lowest BCUT2D eigenvalue weighted by Crippen LogP contribution is -2.38. The number of alkyl carbamates (subject to hydrolysis) is 1. The molecule has 1 aliphatic rings. The quantitative estimate of drug-likeness (QED) is 0.446. The number of benzene rings is 2. The SMILES string of the molecule is [CH2]C(=O)c1cccc(OC(=O)C(NC(=O)OC2CCCCC2)c2ccccc2)c1. The van der Waals surface area contributed by atoms with Crippen LogP contribution >= 0.6 is 0 Å². The highest BCUT2D eigenvalue weighted by atomic mass is 16.6. The first-order chi connectivity index (χ1) is 14.0. The minimum absolute atomic E-state index is 0.129. The molecule has 1 unspecified atom stereocenters. The smallest absolute Gasteiger partial charge is 0.408 e. The highest BCUT2D eigenvalue weighted by Crippen LogP contribution is 2.22. The molecule has 1 N–H and O–H groups in total. The van der Waals surface area contributed by atoms with Gasteiger partial charge in [-0.1, -0.05) is 48.9 Å². The van der Waals surface area contributed by atoms with Crippen LogP contribution in [0.2, 0.25) is 0 Å². The monoisotopic (exact) mass is 394 g/mol. The van der Waals surface area contributed by atoms with Crippen LogP contribution in [0, 0.1) is 6.92 Å². The fourth-order valence-electron chi connectivity index (χ4n) is 3.32. The predicted molar refractivity (Wildman–Crippen MR) is 107 cm³/mol. The van der Waals surface area contributed by atoms with Crippen LogP contribution in [0.4, 0.5) is 4.79 Å². The molecule has 2 aromatic carbocycles. The number of ether oxygens (including phenoxy) is 2. The van der Waals surface area contributed by atoms with Crippen LogP contribution < -0.4 is 10.1 Å². The maximum atomic E-state index is 12.8. The Labute approximate surface area is 170 Å². The summed E-state index contributed by atoms with van der Waals surface area (Å²) in [4.78, 5) is 36.7. The number of hydrogen-bond acceptors (Lipinski definition) is 5. The first kappa shape index (κ1) is 20.6. The fraction of sp³-hybridized carbons (Fsp3) is 0.304. The molecule has 1 atom stereocenters. The molecule has 6 heteroatoms. The van der Waals surface area contributed by atoms with Gasteiger partial charge >= 0.3 is 12.1 Å². The summed E-state index contributed by atoms with van der Waals surface area (Å²) >= 11 is 0. The van der Waals surface area contributed by atoms with Crippen LogP contribution in [0.25, 0.3) is 0 Å². The van der Waals surface area contributed by atoms with Crippen molar-refractivity contribution in [3.05, 3.63) is 72.6 Å². The summed E-state index contributed by atoms with van der Waals surface area (Å²) in [7, 11) is 0. The first-order valence-corrected chi connectivity index (χ1v) is 9.73. The van der Waals surface area contributed by atoms with E-state index in [-0.39, 0.29) is 17.6 Å². The van der Waals surface area contributed by atoms with Crippen LogP contribution in [0.1, 0.15) is 54.1 Å². The molecule has 6 nitrogen and oxygen atoms in total. The van der Waals surface area contributed by atoms with E-state index in [2.05, 4.69) is 12.2 Å². The van der Waals surface area contributed by atoms with Gasteiger partial charge in [0.25, 0.3) is 0 Å². The fourth-order valence-corrected chi connectivity index (χ4v) is 3.32. The zero-order chi connectivity index (χ0) is 20.6. The molecule has 0 aliphatic heterocycles. The Bertz CT molecular complexity index is 859. The molecule has 0 aromatic heterocycles. The second kappa shape index (κ2) is 9.87. The van der Waals surface area contributed by atoms with Crippen LogP contribution in [0.3, 0.4) is 0 Å². The van der Waals surface area contributed by atoms with Crippen LogP contribution in [0.5, 0.6) is 5.75 Å². The van der Waals surface area contributed by atoms with Gasteiger partial charge in [0.15, 0.2) is 11.8 Å². The molecule has 29 heavy (non-hydrogen) atoms. The summed E-state index contributed by atoms with van der Waals surface area (Å²) in [5, 5.41) is 2.62. The van der Waals surface area contributed by atoms with E-state index in [1.807, 2.05) is 6.07 Å². The van der Waals surface area contributed by atoms with E-state index in [1.165, 1.54) is 6.07 Å². The van der Waals surface area contributed by atoms with Gasteiger partial charge in [-0.3, -0.25) is 4.79 Å². The van der Waals surface area contributed by atoms with E-state index in [1.54, 1.807) is 42.5 Å². The number of ketones is 1. The molecule has 0 spiro atoms. The summed E-state index contributed by atoms with van der Waals surface area (Å²) in [6.45, 7) is 3.35. The molecule has 0 saturated heterocycles. The average Bonchev–Trinajstić information content (AvgIpc) is 2.73. The maximum Gasteiger partial charge on any atom is 0.408 e. The number of Topliss-reactive ketones (excluding diaryl/α,β-unsaturated/α-hetero) is 1. The average molecular weight is 394 g/mol. The van der Waals surface area contributed by atoms with Crippen molar-refractivity contribution in [1.82, 2.24) is 5.32 Å². The number of rotatable bonds is 6. The Kier molecular flexibility index (Phi) is 7.00. The standard InChI is InChI=1S/C23H24NO5/c1-16(25)18-11-8-14-20(15-18)28-22(26)21(17-9-4-2-5-10-17)24-23(27)29-19-12-6-3-7-13-19/h2,4-5,8-11,14-15,19,21H,1,3,6-7,12-13H2,(H,24,27). The van der Waals surface area contributed by atoms with Crippen LogP contribution in [-0.2, 0) is 9.53 Å². The van der Waals surface area contributed by atoms with Crippen LogP contribution in [-0.4, -0.2) is 23.9 Å². The Balaban J connectivity index is 1.72. The van der Waals surface area contributed by atoms with Gasteiger partial charge in [-0.15, -0.1) is 0 Å². The van der Waals surface area contributed by atoms with Crippen molar-refractivity contribution >= 4 is 17.8 Å². The molecule has 2 aromatic rings. The molecular formula is C23H24NO5. The lowest BCUT2D eigenvalue weighted by atomic mass is 9.98. The normalized spacial score (nSPS) is 15.2. The Hall–Kier alpha value is -3.15. The highest BCUT2D eigenvalue weighted by Gasteiger charge is 2.27. The third kappa shape index (κ3) is 5.91.